The van der Waals surface area contributed by atoms with Crippen molar-refractivity contribution in [3.63, 3.8) is 0 Å². The fourth-order valence-electron chi connectivity index (χ4n) is 1.44. The van der Waals surface area contributed by atoms with Gasteiger partial charge in [-0.05, 0) is 19.8 Å². The van der Waals surface area contributed by atoms with E-state index in [1.54, 1.807) is 6.92 Å². The Balaban J connectivity index is 3.68. The van der Waals surface area contributed by atoms with E-state index in [0.717, 1.165) is 12.8 Å². The second-order valence-corrected chi connectivity index (χ2v) is 3.91. The Morgan fingerprint density at radius 3 is 2.31 bits per heavy atom. The lowest BCUT2D eigenvalue weighted by atomic mass is 10.0. The zero-order chi connectivity index (χ0) is 12.6. The molecule has 0 heterocycles. The first-order chi connectivity index (χ1) is 7.43. The summed E-state index contributed by atoms with van der Waals surface area (Å²) in [7, 11) is 0. The van der Waals surface area contributed by atoms with Crippen LogP contribution in [0, 0.1) is 0 Å². The van der Waals surface area contributed by atoms with Gasteiger partial charge in [-0.15, -0.1) is 0 Å². The predicted octanol–water partition coefficient (Wildman–Crippen LogP) is 1.00. The van der Waals surface area contributed by atoms with Crippen LogP contribution in [-0.2, 0) is 4.79 Å². The molecule has 0 bridgehead atoms. The molecule has 0 aliphatic rings. The van der Waals surface area contributed by atoms with Crippen molar-refractivity contribution in [2.45, 2.75) is 51.1 Å². The summed E-state index contributed by atoms with van der Waals surface area (Å²) >= 11 is 0. The number of amides is 1. The minimum absolute atomic E-state index is 0.162. The Bertz CT molecular complexity index is 231. The molecule has 0 aromatic carbocycles. The number of carboxylic acid groups (broad SMARTS) is 2. The molecule has 2 unspecified atom stereocenters. The first-order valence-corrected chi connectivity index (χ1v) is 5.40. The summed E-state index contributed by atoms with van der Waals surface area (Å²) in [6, 6.07) is -0.502. The molecule has 0 saturated heterocycles. The molecule has 5 N–H and O–H groups in total. The van der Waals surface area contributed by atoms with E-state index in [-0.39, 0.29) is 18.5 Å². The fourth-order valence-corrected chi connectivity index (χ4v) is 1.44. The second-order valence-electron chi connectivity index (χ2n) is 3.91. The molecule has 6 nitrogen and oxygen atoms in total. The van der Waals surface area contributed by atoms with E-state index < -0.39 is 12.1 Å². The van der Waals surface area contributed by atoms with Gasteiger partial charge in [-0.2, -0.15) is 0 Å². The van der Waals surface area contributed by atoms with E-state index >= 15 is 0 Å². The van der Waals surface area contributed by atoms with Crippen LogP contribution >= 0.6 is 0 Å². The largest absolute Gasteiger partial charge is 0.481 e. The standard InChI is InChI=1S/C10H20N2O4/c1-7(11)8(12-10(15)16)5-3-2-4-6-9(13)14/h7-8,12H,2-6,11H2,1H3,(H,13,14)(H,15,16). The van der Waals surface area contributed by atoms with Gasteiger partial charge in [-0.1, -0.05) is 12.8 Å². The van der Waals surface area contributed by atoms with E-state index in [1.807, 2.05) is 0 Å². The molecular formula is C10H20N2O4. The highest BCUT2D eigenvalue weighted by Crippen LogP contribution is 2.07. The fraction of sp³-hybridized carbons (Fsp3) is 0.800. The van der Waals surface area contributed by atoms with E-state index in [4.69, 9.17) is 15.9 Å². The van der Waals surface area contributed by atoms with Gasteiger partial charge in [0.05, 0.1) is 0 Å². The number of nitrogens with one attached hydrogen (secondary N) is 1. The van der Waals surface area contributed by atoms with Crippen molar-refractivity contribution < 1.29 is 19.8 Å². The molecular weight excluding hydrogens is 212 g/mol. The second kappa shape index (κ2) is 7.92. The predicted molar refractivity (Wildman–Crippen MR) is 59.3 cm³/mol. The molecule has 0 aliphatic carbocycles. The normalized spacial score (nSPS) is 14.1. The van der Waals surface area contributed by atoms with E-state index in [2.05, 4.69) is 5.32 Å². The number of carboxylic acids is 1. The average molecular weight is 232 g/mol. The third kappa shape index (κ3) is 8.05. The summed E-state index contributed by atoms with van der Waals surface area (Å²) in [5.41, 5.74) is 5.63. The number of hydrogen-bond donors (Lipinski definition) is 4. The number of hydrogen-bond acceptors (Lipinski definition) is 3. The zero-order valence-corrected chi connectivity index (χ0v) is 9.48. The Morgan fingerprint density at radius 2 is 1.88 bits per heavy atom. The van der Waals surface area contributed by atoms with Crippen LogP contribution in [0.5, 0.6) is 0 Å². The molecule has 0 saturated carbocycles. The number of rotatable bonds is 8. The smallest absolute Gasteiger partial charge is 0.404 e. The maximum absolute atomic E-state index is 10.4. The van der Waals surface area contributed by atoms with Crippen LogP contribution in [0.15, 0.2) is 0 Å². The average Bonchev–Trinajstić information content (AvgIpc) is 2.14. The Kier molecular flexibility index (Phi) is 7.28. The van der Waals surface area contributed by atoms with Crippen LogP contribution in [0.4, 0.5) is 4.79 Å². The highest BCUT2D eigenvalue weighted by Gasteiger charge is 2.15. The number of aliphatic carboxylic acids is 1. The maximum Gasteiger partial charge on any atom is 0.404 e. The van der Waals surface area contributed by atoms with Gasteiger partial charge < -0.3 is 21.3 Å². The Morgan fingerprint density at radius 1 is 1.25 bits per heavy atom. The molecule has 0 aromatic rings. The van der Waals surface area contributed by atoms with Crippen molar-refractivity contribution in [3.8, 4) is 0 Å². The monoisotopic (exact) mass is 232 g/mol. The number of unbranched alkanes of at least 4 members (excludes halogenated alkanes) is 2. The minimum atomic E-state index is -1.08. The summed E-state index contributed by atoms with van der Waals surface area (Å²) in [6.45, 7) is 1.75. The Labute approximate surface area is 94.8 Å². The van der Waals surface area contributed by atoms with E-state index in [1.165, 1.54) is 0 Å². The topological polar surface area (TPSA) is 113 Å². The lowest BCUT2D eigenvalue weighted by Crippen LogP contribution is -2.45. The molecule has 2 atom stereocenters. The molecule has 0 spiro atoms. The van der Waals surface area contributed by atoms with Crippen LogP contribution in [-0.4, -0.2) is 34.4 Å². The number of nitrogens with two attached hydrogens (primary N) is 1. The summed E-state index contributed by atoms with van der Waals surface area (Å²) in [5.74, 6) is -0.799. The van der Waals surface area contributed by atoms with Crippen molar-refractivity contribution in [1.29, 1.82) is 0 Å². The molecule has 6 heteroatoms. The summed E-state index contributed by atoms with van der Waals surface area (Å²) < 4.78 is 0. The van der Waals surface area contributed by atoms with Gasteiger partial charge in [0.25, 0.3) is 0 Å². The van der Waals surface area contributed by atoms with Crippen molar-refractivity contribution >= 4 is 12.1 Å². The SMILES string of the molecule is CC(N)C(CCCCCC(=O)O)NC(=O)O. The van der Waals surface area contributed by atoms with Gasteiger partial charge >= 0.3 is 12.1 Å². The van der Waals surface area contributed by atoms with Crippen molar-refractivity contribution in [2.75, 3.05) is 0 Å². The molecule has 1 amide bonds. The van der Waals surface area contributed by atoms with Crippen molar-refractivity contribution in [3.05, 3.63) is 0 Å². The molecule has 0 fully saturated rings. The first kappa shape index (κ1) is 14.7. The molecule has 0 aliphatic heterocycles. The maximum atomic E-state index is 10.4. The zero-order valence-electron chi connectivity index (χ0n) is 9.48. The van der Waals surface area contributed by atoms with Gasteiger partial charge in [-0.25, -0.2) is 4.79 Å². The quantitative estimate of drug-likeness (QED) is 0.466. The molecule has 16 heavy (non-hydrogen) atoms. The van der Waals surface area contributed by atoms with Crippen molar-refractivity contribution in [1.82, 2.24) is 5.32 Å². The van der Waals surface area contributed by atoms with Crippen LogP contribution < -0.4 is 11.1 Å². The van der Waals surface area contributed by atoms with Crippen LogP contribution in [0.3, 0.4) is 0 Å². The van der Waals surface area contributed by atoms with Gasteiger partial charge in [0.1, 0.15) is 0 Å². The summed E-state index contributed by atoms with van der Waals surface area (Å²) in [6.07, 6.45) is 1.90. The third-order valence-electron chi connectivity index (χ3n) is 2.35. The van der Waals surface area contributed by atoms with E-state index in [0.29, 0.717) is 12.8 Å². The van der Waals surface area contributed by atoms with Gasteiger partial charge in [0.2, 0.25) is 0 Å². The highest BCUT2D eigenvalue weighted by molar-refractivity contribution is 5.66. The summed E-state index contributed by atoms with van der Waals surface area (Å²) in [5, 5.41) is 19.3. The molecule has 0 radical (unpaired) electrons. The van der Waals surface area contributed by atoms with Crippen LogP contribution in [0.1, 0.15) is 39.0 Å². The third-order valence-corrected chi connectivity index (χ3v) is 2.35. The first-order valence-electron chi connectivity index (χ1n) is 5.40. The lowest BCUT2D eigenvalue weighted by Gasteiger charge is -2.20. The van der Waals surface area contributed by atoms with Gasteiger partial charge in [0.15, 0.2) is 0 Å². The van der Waals surface area contributed by atoms with Crippen molar-refractivity contribution in [2.24, 2.45) is 5.73 Å². The van der Waals surface area contributed by atoms with Crippen LogP contribution in [0.25, 0.3) is 0 Å². The molecule has 0 rings (SSSR count). The molecule has 94 valence electrons. The molecule has 0 aromatic heterocycles. The highest BCUT2D eigenvalue weighted by atomic mass is 16.4. The van der Waals surface area contributed by atoms with E-state index in [9.17, 15) is 9.59 Å². The van der Waals surface area contributed by atoms with Gasteiger partial charge in [-0.3, -0.25) is 4.79 Å². The van der Waals surface area contributed by atoms with Crippen LogP contribution in [0.2, 0.25) is 0 Å². The number of carbonyl (C=O) groups is 2. The summed E-state index contributed by atoms with van der Waals surface area (Å²) in [4.78, 5) is 20.7. The lowest BCUT2D eigenvalue weighted by molar-refractivity contribution is -0.137. The Hall–Kier alpha value is -1.30. The minimum Gasteiger partial charge on any atom is -0.481 e. The van der Waals surface area contributed by atoms with Gasteiger partial charge in [0, 0.05) is 18.5 Å².